The zero-order chi connectivity index (χ0) is 22.5. The molecule has 0 aliphatic rings. The van der Waals surface area contributed by atoms with Crippen LogP contribution in [0.15, 0.2) is 94.1 Å². The molecule has 3 aromatic rings. The number of hydrazine groups is 1. The number of anilines is 1. The second-order valence-corrected chi connectivity index (χ2v) is 10.8. The van der Waals surface area contributed by atoms with E-state index in [0.717, 1.165) is 16.5 Å². The number of nitrogens with one attached hydrogen (secondary N) is 2. The van der Waals surface area contributed by atoms with Crippen LogP contribution < -0.4 is 10.3 Å². The average Bonchev–Trinajstić information content (AvgIpc) is 2.77. The Morgan fingerprint density at radius 2 is 1.29 bits per heavy atom. The summed E-state index contributed by atoms with van der Waals surface area (Å²) in [5.41, 5.74) is 4.80. The van der Waals surface area contributed by atoms with Crippen molar-refractivity contribution in [2.45, 2.75) is 29.6 Å². The van der Waals surface area contributed by atoms with E-state index in [0.29, 0.717) is 11.6 Å². The van der Waals surface area contributed by atoms with E-state index in [1.165, 1.54) is 30.3 Å². The molecule has 0 heterocycles. The van der Waals surface area contributed by atoms with Crippen molar-refractivity contribution in [2.24, 2.45) is 0 Å². The standard InChI is InChI=1S/C23H24N2O4S2/c1-18(2)20-8-12-22(13-9-20)31(28,29)23-14-10-21(11-15-23)24-25-30(26,27)17-16-19-6-4-3-5-7-19/h3-18,24-25H,1-2H3. The first-order valence-electron chi connectivity index (χ1n) is 9.63. The highest BCUT2D eigenvalue weighted by atomic mass is 32.2. The van der Waals surface area contributed by atoms with Gasteiger partial charge in [-0.1, -0.05) is 56.3 Å². The first-order valence-corrected chi connectivity index (χ1v) is 12.7. The van der Waals surface area contributed by atoms with Gasteiger partial charge in [-0.2, -0.15) is 0 Å². The summed E-state index contributed by atoms with van der Waals surface area (Å²) in [5.74, 6) is 0.313. The summed E-state index contributed by atoms with van der Waals surface area (Å²) >= 11 is 0. The lowest BCUT2D eigenvalue weighted by Gasteiger charge is -2.10. The topological polar surface area (TPSA) is 92.3 Å². The number of sulfonamides is 1. The number of hydrogen-bond acceptors (Lipinski definition) is 5. The normalized spacial score (nSPS) is 12.4. The van der Waals surface area contributed by atoms with Crippen molar-refractivity contribution in [1.82, 2.24) is 4.83 Å². The van der Waals surface area contributed by atoms with Crippen molar-refractivity contribution < 1.29 is 16.8 Å². The van der Waals surface area contributed by atoms with Crippen LogP contribution in [0, 0.1) is 0 Å². The first kappa shape index (κ1) is 22.7. The molecule has 0 saturated carbocycles. The highest BCUT2D eigenvalue weighted by Gasteiger charge is 2.17. The van der Waals surface area contributed by atoms with Crippen LogP contribution in [0.25, 0.3) is 6.08 Å². The molecule has 0 fully saturated rings. The van der Waals surface area contributed by atoms with Gasteiger partial charge in [0.25, 0.3) is 0 Å². The summed E-state index contributed by atoms with van der Waals surface area (Å²) < 4.78 is 49.9. The summed E-state index contributed by atoms with van der Waals surface area (Å²) in [7, 11) is -7.39. The van der Waals surface area contributed by atoms with Crippen LogP contribution in [0.2, 0.25) is 0 Å². The molecule has 0 spiro atoms. The molecule has 0 amide bonds. The van der Waals surface area contributed by atoms with Crippen LogP contribution >= 0.6 is 0 Å². The number of benzene rings is 3. The van der Waals surface area contributed by atoms with Crippen molar-refractivity contribution in [2.75, 3.05) is 5.43 Å². The Kier molecular flexibility index (Phi) is 6.94. The predicted molar refractivity (Wildman–Crippen MR) is 124 cm³/mol. The number of rotatable bonds is 8. The first-order chi connectivity index (χ1) is 14.7. The molecule has 3 aromatic carbocycles. The van der Waals surface area contributed by atoms with Crippen LogP contribution in [-0.2, 0) is 19.9 Å². The van der Waals surface area contributed by atoms with Gasteiger partial charge in [0.15, 0.2) is 0 Å². The van der Waals surface area contributed by atoms with Crippen LogP contribution in [0.1, 0.15) is 30.9 Å². The van der Waals surface area contributed by atoms with Gasteiger partial charge in [-0.15, -0.1) is 4.83 Å². The third kappa shape index (κ3) is 6.04. The maximum Gasteiger partial charge on any atom is 0.250 e. The summed E-state index contributed by atoms with van der Waals surface area (Å²) in [5, 5.41) is 1.05. The summed E-state index contributed by atoms with van der Waals surface area (Å²) in [4.78, 5) is 2.58. The third-order valence-electron chi connectivity index (χ3n) is 4.60. The molecular weight excluding hydrogens is 432 g/mol. The van der Waals surface area contributed by atoms with E-state index >= 15 is 0 Å². The van der Waals surface area contributed by atoms with Crippen molar-refractivity contribution in [3.8, 4) is 0 Å². The maximum absolute atomic E-state index is 12.8. The lowest BCUT2D eigenvalue weighted by molar-refractivity contribution is 0.594. The lowest BCUT2D eigenvalue weighted by Crippen LogP contribution is -2.27. The smallest absolute Gasteiger partial charge is 0.250 e. The van der Waals surface area contributed by atoms with E-state index in [-0.39, 0.29) is 9.79 Å². The Hall–Kier alpha value is -2.94. The van der Waals surface area contributed by atoms with Gasteiger partial charge in [0.2, 0.25) is 19.9 Å². The maximum atomic E-state index is 12.8. The minimum absolute atomic E-state index is 0.127. The van der Waals surface area contributed by atoms with Gasteiger partial charge < -0.3 is 5.43 Å². The lowest BCUT2D eigenvalue weighted by atomic mass is 10.0. The molecule has 6 nitrogen and oxygen atoms in total. The van der Waals surface area contributed by atoms with E-state index in [4.69, 9.17) is 0 Å². The third-order valence-corrected chi connectivity index (χ3v) is 7.27. The second-order valence-electron chi connectivity index (χ2n) is 7.24. The average molecular weight is 457 g/mol. The molecule has 0 atom stereocenters. The molecule has 8 heteroatoms. The Labute approximate surface area is 183 Å². The van der Waals surface area contributed by atoms with Crippen LogP contribution in [0.5, 0.6) is 0 Å². The highest BCUT2D eigenvalue weighted by molar-refractivity contribution is 7.92. The number of sulfone groups is 1. The van der Waals surface area contributed by atoms with Crippen LogP contribution in [0.3, 0.4) is 0 Å². The van der Waals surface area contributed by atoms with Crippen molar-refractivity contribution in [3.63, 3.8) is 0 Å². The predicted octanol–water partition coefficient (Wildman–Crippen LogP) is 4.56. The van der Waals surface area contributed by atoms with Crippen LogP contribution in [0.4, 0.5) is 5.69 Å². The molecular formula is C23H24N2O4S2. The van der Waals surface area contributed by atoms with Crippen LogP contribution in [-0.4, -0.2) is 16.8 Å². The SMILES string of the molecule is CC(C)c1ccc(S(=O)(=O)c2ccc(NNS(=O)(=O)C=Cc3ccccc3)cc2)cc1. The molecule has 0 aromatic heterocycles. The van der Waals surface area contributed by atoms with Crippen molar-refractivity contribution in [1.29, 1.82) is 0 Å². The molecule has 0 bridgehead atoms. The molecule has 2 N–H and O–H groups in total. The summed E-state index contributed by atoms with van der Waals surface area (Å²) in [6.45, 7) is 4.09. The molecule has 0 aliphatic carbocycles. The molecule has 31 heavy (non-hydrogen) atoms. The number of hydrogen-bond donors (Lipinski definition) is 2. The van der Waals surface area contributed by atoms with E-state index in [9.17, 15) is 16.8 Å². The fourth-order valence-corrected chi connectivity index (χ4v) is 4.71. The second kappa shape index (κ2) is 9.47. The van der Waals surface area contributed by atoms with Gasteiger partial charge in [-0.25, -0.2) is 16.8 Å². The molecule has 162 valence electrons. The zero-order valence-electron chi connectivity index (χ0n) is 17.2. The fourth-order valence-electron chi connectivity index (χ4n) is 2.78. The fraction of sp³-hybridized carbons (Fsp3) is 0.130. The summed E-state index contributed by atoms with van der Waals surface area (Å²) in [6.07, 6.45) is 1.48. The Morgan fingerprint density at radius 1 is 0.742 bits per heavy atom. The molecule has 0 saturated heterocycles. The zero-order valence-corrected chi connectivity index (χ0v) is 18.8. The Bertz CT molecular complexity index is 1250. The highest BCUT2D eigenvalue weighted by Crippen LogP contribution is 2.24. The van der Waals surface area contributed by atoms with E-state index in [1.54, 1.807) is 24.3 Å². The Balaban J connectivity index is 1.67. The largest absolute Gasteiger partial charge is 0.308 e. The minimum Gasteiger partial charge on any atom is -0.308 e. The van der Waals surface area contributed by atoms with Crippen molar-refractivity contribution >= 4 is 31.6 Å². The molecule has 0 aliphatic heterocycles. The molecule has 0 radical (unpaired) electrons. The van der Waals surface area contributed by atoms with E-state index < -0.39 is 19.9 Å². The molecule has 3 rings (SSSR count). The van der Waals surface area contributed by atoms with Gasteiger partial charge in [0.1, 0.15) is 0 Å². The van der Waals surface area contributed by atoms with Gasteiger partial charge in [-0.3, -0.25) is 0 Å². The Morgan fingerprint density at radius 3 is 1.84 bits per heavy atom. The van der Waals surface area contributed by atoms with Crippen molar-refractivity contribution in [3.05, 3.63) is 95.4 Å². The van der Waals surface area contributed by atoms with Gasteiger partial charge in [0, 0.05) is 11.1 Å². The monoisotopic (exact) mass is 456 g/mol. The minimum atomic E-state index is -3.73. The molecule has 0 unspecified atom stereocenters. The van der Waals surface area contributed by atoms with Gasteiger partial charge >= 0.3 is 0 Å². The van der Waals surface area contributed by atoms with Gasteiger partial charge in [-0.05, 0) is 59.5 Å². The summed E-state index contributed by atoms with van der Waals surface area (Å²) in [6, 6.07) is 21.7. The van der Waals surface area contributed by atoms with Gasteiger partial charge in [0.05, 0.1) is 9.79 Å². The van der Waals surface area contributed by atoms with E-state index in [1.807, 2.05) is 44.2 Å². The quantitative estimate of drug-likeness (QED) is 0.485. The van der Waals surface area contributed by atoms with E-state index in [2.05, 4.69) is 10.3 Å².